The van der Waals surface area contributed by atoms with E-state index in [1.807, 2.05) is 49.4 Å². The predicted octanol–water partition coefficient (Wildman–Crippen LogP) is 1.74. The van der Waals surface area contributed by atoms with Gasteiger partial charge in [0.05, 0.1) is 6.42 Å². The fourth-order valence-electron chi connectivity index (χ4n) is 3.32. The molecule has 0 bridgehead atoms. The Morgan fingerprint density at radius 2 is 1.96 bits per heavy atom. The third kappa shape index (κ3) is 4.00. The Morgan fingerprint density at radius 3 is 2.70 bits per heavy atom. The van der Waals surface area contributed by atoms with Crippen molar-refractivity contribution in [2.45, 2.75) is 19.4 Å². The van der Waals surface area contributed by atoms with Crippen LogP contribution in [-0.4, -0.2) is 48.8 Å². The molecule has 1 saturated heterocycles. The van der Waals surface area contributed by atoms with Crippen molar-refractivity contribution in [2.75, 3.05) is 20.1 Å². The van der Waals surface area contributed by atoms with Gasteiger partial charge in [-0.25, -0.2) is 0 Å². The van der Waals surface area contributed by atoms with Crippen molar-refractivity contribution in [1.29, 1.82) is 0 Å². The van der Waals surface area contributed by atoms with Gasteiger partial charge in [-0.2, -0.15) is 0 Å². The summed E-state index contributed by atoms with van der Waals surface area (Å²) >= 11 is 0. The van der Waals surface area contributed by atoms with Crippen molar-refractivity contribution in [3.05, 3.63) is 59.7 Å². The average molecular weight is 365 g/mol. The fraction of sp³-hybridized carbons (Fsp3) is 0.286. The Balaban J connectivity index is 1.90. The predicted molar refractivity (Wildman–Crippen MR) is 103 cm³/mol. The van der Waals surface area contributed by atoms with Gasteiger partial charge in [-0.3, -0.25) is 14.4 Å². The Kier molecular flexibility index (Phi) is 5.54. The zero-order chi connectivity index (χ0) is 19.4. The summed E-state index contributed by atoms with van der Waals surface area (Å²) in [4.78, 5) is 38.6. The summed E-state index contributed by atoms with van der Waals surface area (Å²) in [5.74, 6) is -0.814. The Morgan fingerprint density at radius 1 is 1.19 bits per heavy atom. The normalized spacial score (nSPS) is 16.6. The number of hydrogen-bond donors (Lipinski definition) is 2. The topological polar surface area (TPSA) is 78.5 Å². The largest absolute Gasteiger partial charge is 0.359 e. The molecule has 1 aliphatic heterocycles. The van der Waals surface area contributed by atoms with Crippen LogP contribution in [-0.2, 0) is 9.59 Å². The maximum absolute atomic E-state index is 13.1. The minimum absolute atomic E-state index is 0.0500. The maximum atomic E-state index is 13.1. The van der Waals surface area contributed by atoms with Gasteiger partial charge in [-0.15, -0.1) is 0 Å². The second-order valence-electron chi connectivity index (χ2n) is 6.58. The van der Waals surface area contributed by atoms with Gasteiger partial charge >= 0.3 is 0 Å². The van der Waals surface area contributed by atoms with Crippen molar-refractivity contribution in [1.82, 2.24) is 15.5 Å². The summed E-state index contributed by atoms with van der Waals surface area (Å²) in [5.41, 5.74) is 3.64. The fourth-order valence-corrected chi connectivity index (χ4v) is 3.32. The van der Waals surface area contributed by atoms with E-state index in [2.05, 4.69) is 10.6 Å². The summed E-state index contributed by atoms with van der Waals surface area (Å²) in [6.07, 6.45) is -0.0500. The molecule has 140 valence electrons. The lowest BCUT2D eigenvalue weighted by atomic mass is 9.98. The number of amides is 3. The molecule has 0 aromatic heterocycles. The first-order chi connectivity index (χ1) is 13.0. The average Bonchev–Trinajstić information content (AvgIpc) is 2.69. The number of hydrogen-bond acceptors (Lipinski definition) is 3. The maximum Gasteiger partial charge on any atom is 0.254 e. The number of carbonyl (C=O) groups excluding carboxylic acids is 3. The van der Waals surface area contributed by atoms with Crippen LogP contribution in [0.25, 0.3) is 11.1 Å². The van der Waals surface area contributed by atoms with Gasteiger partial charge in [0, 0.05) is 25.7 Å². The molecule has 27 heavy (non-hydrogen) atoms. The van der Waals surface area contributed by atoms with E-state index in [0.717, 1.165) is 16.7 Å². The number of nitrogens with zero attached hydrogens (tertiary/aromatic N) is 1. The molecule has 6 nitrogen and oxygen atoms in total. The van der Waals surface area contributed by atoms with Crippen LogP contribution in [0.2, 0.25) is 0 Å². The Labute approximate surface area is 158 Å². The van der Waals surface area contributed by atoms with E-state index in [4.69, 9.17) is 0 Å². The SMILES string of the molecule is CNC(=O)C[C@H]1C(=O)NCCN1C(=O)c1cccc(-c2ccccc2C)c1. The quantitative estimate of drug-likeness (QED) is 0.866. The van der Waals surface area contributed by atoms with E-state index < -0.39 is 6.04 Å². The van der Waals surface area contributed by atoms with Crippen molar-refractivity contribution in [2.24, 2.45) is 0 Å². The second kappa shape index (κ2) is 8.03. The molecule has 3 rings (SSSR count). The zero-order valence-corrected chi connectivity index (χ0v) is 15.5. The number of rotatable bonds is 4. The first kappa shape index (κ1) is 18.6. The third-order valence-electron chi connectivity index (χ3n) is 4.81. The number of carbonyl (C=O) groups is 3. The highest BCUT2D eigenvalue weighted by molar-refractivity contribution is 6.00. The molecule has 1 heterocycles. The number of piperazine rings is 1. The molecule has 0 aliphatic carbocycles. The molecule has 0 spiro atoms. The van der Waals surface area contributed by atoms with Crippen LogP contribution in [0, 0.1) is 6.92 Å². The van der Waals surface area contributed by atoms with Crippen LogP contribution in [0.15, 0.2) is 48.5 Å². The summed E-state index contributed by atoms with van der Waals surface area (Å²) in [6.45, 7) is 2.78. The highest BCUT2D eigenvalue weighted by Crippen LogP contribution is 2.25. The molecule has 2 aromatic carbocycles. The second-order valence-corrected chi connectivity index (χ2v) is 6.58. The number of aryl methyl sites for hydroxylation is 1. The minimum atomic E-state index is -0.798. The molecule has 0 unspecified atom stereocenters. The molecule has 0 saturated carbocycles. The molecule has 6 heteroatoms. The number of nitrogens with one attached hydrogen (secondary N) is 2. The summed E-state index contributed by atoms with van der Waals surface area (Å²) in [5, 5.41) is 5.24. The van der Waals surface area contributed by atoms with Gasteiger partial charge in [-0.1, -0.05) is 36.4 Å². The highest BCUT2D eigenvalue weighted by atomic mass is 16.2. The molecule has 2 aromatic rings. The lowest BCUT2D eigenvalue weighted by Gasteiger charge is -2.34. The summed E-state index contributed by atoms with van der Waals surface area (Å²) < 4.78 is 0. The minimum Gasteiger partial charge on any atom is -0.359 e. The molecule has 1 aliphatic rings. The van der Waals surface area contributed by atoms with Crippen LogP contribution in [0.3, 0.4) is 0 Å². The van der Waals surface area contributed by atoms with E-state index in [0.29, 0.717) is 18.7 Å². The molecule has 2 N–H and O–H groups in total. The van der Waals surface area contributed by atoms with Gasteiger partial charge in [0.25, 0.3) is 5.91 Å². The van der Waals surface area contributed by atoms with E-state index >= 15 is 0 Å². The smallest absolute Gasteiger partial charge is 0.254 e. The highest BCUT2D eigenvalue weighted by Gasteiger charge is 2.34. The summed E-state index contributed by atoms with van der Waals surface area (Å²) in [6, 6.07) is 14.6. The molecular weight excluding hydrogens is 342 g/mol. The van der Waals surface area contributed by atoms with Crippen LogP contribution in [0.1, 0.15) is 22.3 Å². The molecule has 1 atom stereocenters. The van der Waals surface area contributed by atoms with Crippen LogP contribution in [0.4, 0.5) is 0 Å². The van der Waals surface area contributed by atoms with E-state index in [1.165, 1.54) is 11.9 Å². The first-order valence-corrected chi connectivity index (χ1v) is 8.96. The van der Waals surface area contributed by atoms with Crippen LogP contribution in [0.5, 0.6) is 0 Å². The van der Waals surface area contributed by atoms with E-state index in [9.17, 15) is 14.4 Å². The van der Waals surface area contributed by atoms with Gasteiger partial charge in [0.15, 0.2) is 0 Å². The van der Waals surface area contributed by atoms with E-state index in [1.54, 1.807) is 6.07 Å². The first-order valence-electron chi connectivity index (χ1n) is 8.96. The third-order valence-corrected chi connectivity index (χ3v) is 4.81. The lowest BCUT2D eigenvalue weighted by Crippen LogP contribution is -2.58. The molecular formula is C21H23N3O3. The van der Waals surface area contributed by atoms with Crippen molar-refractivity contribution in [3.63, 3.8) is 0 Å². The standard InChI is InChI=1S/C21H23N3O3/c1-14-6-3-4-9-17(14)15-7-5-8-16(12-15)21(27)24-11-10-23-20(26)18(24)13-19(25)22-2/h3-9,12,18H,10-11,13H2,1-2H3,(H,22,25)(H,23,26)/t18-/m0/s1. The van der Waals surface area contributed by atoms with Crippen LogP contribution >= 0.6 is 0 Å². The van der Waals surface area contributed by atoms with Gasteiger partial charge in [0.2, 0.25) is 11.8 Å². The zero-order valence-electron chi connectivity index (χ0n) is 15.5. The van der Waals surface area contributed by atoms with Crippen molar-refractivity contribution >= 4 is 17.7 Å². The molecule has 3 amide bonds. The number of benzene rings is 2. The van der Waals surface area contributed by atoms with Gasteiger partial charge < -0.3 is 15.5 Å². The molecule has 1 fully saturated rings. The lowest BCUT2D eigenvalue weighted by molar-refractivity contribution is -0.132. The van der Waals surface area contributed by atoms with Crippen molar-refractivity contribution < 1.29 is 14.4 Å². The van der Waals surface area contributed by atoms with Crippen LogP contribution < -0.4 is 10.6 Å². The van der Waals surface area contributed by atoms with Crippen molar-refractivity contribution in [3.8, 4) is 11.1 Å². The Hall–Kier alpha value is -3.15. The van der Waals surface area contributed by atoms with Gasteiger partial charge in [0.1, 0.15) is 6.04 Å². The molecule has 0 radical (unpaired) electrons. The monoisotopic (exact) mass is 365 g/mol. The Bertz CT molecular complexity index is 878. The summed E-state index contributed by atoms with van der Waals surface area (Å²) in [7, 11) is 1.51. The van der Waals surface area contributed by atoms with E-state index in [-0.39, 0.29) is 24.1 Å². The van der Waals surface area contributed by atoms with Gasteiger partial charge in [-0.05, 0) is 35.7 Å².